The summed E-state index contributed by atoms with van der Waals surface area (Å²) in [4.78, 5) is 34.2. The third-order valence-corrected chi connectivity index (χ3v) is 3.27. The number of carbonyl (C=O) groups excluding carboxylic acids is 3. The fourth-order valence-corrected chi connectivity index (χ4v) is 1.88. The van der Waals surface area contributed by atoms with Crippen LogP contribution in [0.4, 0.5) is 9.18 Å². The average molecular weight is 329 g/mol. The van der Waals surface area contributed by atoms with Gasteiger partial charge in [-0.05, 0) is 25.0 Å². The first-order valence-corrected chi connectivity index (χ1v) is 7.02. The van der Waals surface area contributed by atoms with Crippen LogP contribution in [0.3, 0.4) is 0 Å². The highest BCUT2D eigenvalue weighted by molar-refractivity contribution is 6.31. The second-order valence-electron chi connectivity index (χ2n) is 4.83. The molecule has 2 rings (SSSR count). The summed E-state index contributed by atoms with van der Waals surface area (Å²) in [7, 11) is 0. The third kappa shape index (κ3) is 5.00. The highest BCUT2D eigenvalue weighted by Crippen LogP contribution is 2.19. The van der Waals surface area contributed by atoms with Gasteiger partial charge in [-0.15, -0.1) is 0 Å². The Bertz CT molecular complexity index is 584. The molecular formula is C14H14ClFN2O4. The molecule has 2 N–H and O–H groups in total. The largest absolute Gasteiger partial charge is 0.455 e. The summed E-state index contributed by atoms with van der Waals surface area (Å²) < 4.78 is 18.2. The maximum absolute atomic E-state index is 13.5. The van der Waals surface area contributed by atoms with E-state index in [1.54, 1.807) is 0 Å². The van der Waals surface area contributed by atoms with Crippen molar-refractivity contribution in [2.45, 2.75) is 25.3 Å². The number of halogens is 2. The van der Waals surface area contributed by atoms with Gasteiger partial charge in [-0.25, -0.2) is 9.18 Å². The van der Waals surface area contributed by atoms with E-state index in [0.717, 1.165) is 12.8 Å². The van der Waals surface area contributed by atoms with E-state index >= 15 is 0 Å². The normalized spacial score (nSPS) is 13.4. The molecule has 1 aromatic rings. The Labute approximate surface area is 131 Å². The quantitative estimate of drug-likeness (QED) is 0.803. The summed E-state index contributed by atoms with van der Waals surface area (Å²) in [5, 5.41) is 4.68. The predicted octanol–water partition coefficient (Wildman–Crippen LogP) is 1.55. The lowest BCUT2D eigenvalue weighted by atomic mass is 10.1. The van der Waals surface area contributed by atoms with Gasteiger partial charge in [0.1, 0.15) is 5.82 Å². The molecule has 22 heavy (non-hydrogen) atoms. The highest BCUT2D eigenvalue weighted by atomic mass is 35.5. The van der Waals surface area contributed by atoms with E-state index in [9.17, 15) is 18.8 Å². The van der Waals surface area contributed by atoms with Crippen molar-refractivity contribution < 1.29 is 23.5 Å². The number of amides is 3. The van der Waals surface area contributed by atoms with Crippen molar-refractivity contribution in [3.8, 4) is 0 Å². The molecule has 0 atom stereocenters. The van der Waals surface area contributed by atoms with E-state index in [-0.39, 0.29) is 16.6 Å². The van der Waals surface area contributed by atoms with Crippen LogP contribution in [0.25, 0.3) is 0 Å². The van der Waals surface area contributed by atoms with Crippen LogP contribution in [0.15, 0.2) is 18.2 Å². The molecule has 8 heteroatoms. The lowest BCUT2D eigenvalue weighted by Crippen LogP contribution is -2.42. The molecule has 1 fully saturated rings. The smallest absolute Gasteiger partial charge is 0.321 e. The van der Waals surface area contributed by atoms with Gasteiger partial charge in [0.2, 0.25) is 0 Å². The molecule has 1 aliphatic rings. The lowest BCUT2D eigenvalue weighted by molar-refractivity contribution is -0.147. The fourth-order valence-electron chi connectivity index (χ4n) is 1.65. The van der Waals surface area contributed by atoms with Gasteiger partial charge in [-0.3, -0.25) is 14.9 Å². The molecule has 0 unspecified atom stereocenters. The Morgan fingerprint density at radius 1 is 1.32 bits per heavy atom. The van der Waals surface area contributed by atoms with Crippen molar-refractivity contribution in [2.75, 3.05) is 6.61 Å². The molecule has 0 radical (unpaired) electrons. The highest BCUT2D eigenvalue weighted by Gasteiger charge is 2.24. The van der Waals surface area contributed by atoms with E-state index < -0.39 is 36.8 Å². The minimum absolute atomic E-state index is 0.000973. The number of imide groups is 1. The van der Waals surface area contributed by atoms with Gasteiger partial charge < -0.3 is 10.1 Å². The molecule has 1 aliphatic carbocycles. The summed E-state index contributed by atoms with van der Waals surface area (Å²) in [6.07, 6.45) is 1.38. The van der Waals surface area contributed by atoms with Gasteiger partial charge in [-0.2, -0.15) is 0 Å². The van der Waals surface area contributed by atoms with Crippen LogP contribution < -0.4 is 10.6 Å². The Kier molecular flexibility index (Phi) is 5.32. The molecule has 0 aliphatic heterocycles. The monoisotopic (exact) mass is 328 g/mol. The topological polar surface area (TPSA) is 84.5 Å². The first-order valence-electron chi connectivity index (χ1n) is 6.64. The first kappa shape index (κ1) is 16.2. The summed E-state index contributed by atoms with van der Waals surface area (Å²) in [5.74, 6) is -2.20. The van der Waals surface area contributed by atoms with Gasteiger partial charge in [0.25, 0.3) is 5.91 Å². The molecule has 3 amide bonds. The van der Waals surface area contributed by atoms with Crippen LogP contribution in [-0.4, -0.2) is 30.6 Å². The Morgan fingerprint density at radius 2 is 2.05 bits per heavy atom. The molecule has 0 aromatic heterocycles. The van der Waals surface area contributed by atoms with Gasteiger partial charge in [0.15, 0.2) is 6.61 Å². The molecular weight excluding hydrogens is 315 g/mol. The predicted molar refractivity (Wildman–Crippen MR) is 75.8 cm³/mol. The fraction of sp³-hybridized carbons (Fsp3) is 0.357. The Balaban J connectivity index is 1.75. The first-order chi connectivity index (χ1) is 10.5. The molecule has 0 spiro atoms. The summed E-state index contributed by atoms with van der Waals surface area (Å²) in [6.45, 7) is -0.622. The number of ether oxygens (including phenoxy) is 1. The Hall–Kier alpha value is -2.15. The summed E-state index contributed by atoms with van der Waals surface area (Å²) >= 11 is 5.78. The standard InChI is InChI=1S/C14H14ClFN2O4/c15-10-2-1-3-11(16)9(10)6-13(20)22-7-12(19)18-14(21)17-8-4-5-8/h1-3,8H,4-7H2,(H2,17,18,19,21). The molecule has 0 saturated heterocycles. The van der Waals surface area contributed by atoms with Crippen molar-refractivity contribution in [1.82, 2.24) is 10.6 Å². The number of benzene rings is 1. The van der Waals surface area contributed by atoms with Crippen LogP contribution in [-0.2, 0) is 20.7 Å². The van der Waals surface area contributed by atoms with Crippen molar-refractivity contribution in [1.29, 1.82) is 0 Å². The number of rotatable bonds is 5. The maximum atomic E-state index is 13.5. The third-order valence-electron chi connectivity index (χ3n) is 2.91. The number of esters is 1. The van der Waals surface area contributed by atoms with E-state index in [1.165, 1.54) is 18.2 Å². The van der Waals surface area contributed by atoms with Crippen LogP contribution in [0.2, 0.25) is 5.02 Å². The number of hydrogen-bond acceptors (Lipinski definition) is 4. The zero-order valence-electron chi connectivity index (χ0n) is 11.5. The SMILES string of the molecule is O=C(COC(=O)Cc1c(F)cccc1Cl)NC(=O)NC1CC1. The summed E-state index contributed by atoms with van der Waals surface area (Å²) in [6, 6.07) is 3.52. The van der Waals surface area contributed by atoms with Crippen molar-refractivity contribution >= 4 is 29.5 Å². The van der Waals surface area contributed by atoms with Gasteiger partial charge in [0, 0.05) is 16.6 Å². The van der Waals surface area contributed by atoms with E-state index in [2.05, 4.69) is 10.1 Å². The zero-order chi connectivity index (χ0) is 16.1. The number of hydrogen-bond donors (Lipinski definition) is 2. The van der Waals surface area contributed by atoms with E-state index in [4.69, 9.17) is 11.6 Å². The van der Waals surface area contributed by atoms with Crippen molar-refractivity contribution in [2.24, 2.45) is 0 Å². The van der Waals surface area contributed by atoms with E-state index in [1.807, 2.05) is 5.32 Å². The zero-order valence-corrected chi connectivity index (χ0v) is 12.3. The molecule has 0 heterocycles. The molecule has 118 valence electrons. The molecule has 0 bridgehead atoms. The molecule has 1 aromatic carbocycles. The van der Waals surface area contributed by atoms with E-state index in [0.29, 0.717) is 0 Å². The van der Waals surface area contributed by atoms with Crippen LogP contribution >= 0.6 is 11.6 Å². The van der Waals surface area contributed by atoms with Crippen molar-refractivity contribution in [3.05, 3.63) is 34.6 Å². The summed E-state index contributed by atoms with van der Waals surface area (Å²) in [5.41, 5.74) is 0.000973. The van der Waals surface area contributed by atoms with Gasteiger partial charge in [-0.1, -0.05) is 17.7 Å². The Morgan fingerprint density at radius 3 is 2.68 bits per heavy atom. The lowest BCUT2D eigenvalue weighted by Gasteiger charge is -2.08. The number of urea groups is 1. The van der Waals surface area contributed by atoms with Crippen LogP contribution in [0.5, 0.6) is 0 Å². The molecule has 6 nitrogen and oxygen atoms in total. The maximum Gasteiger partial charge on any atom is 0.321 e. The van der Waals surface area contributed by atoms with Gasteiger partial charge >= 0.3 is 12.0 Å². The van der Waals surface area contributed by atoms with Crippen molar-refractivity contribution in [3.63, 3.8) is 0 Å². The minimum Gasteiger partial charge on any atom is -0.455 e. The average Bonchev–Trinajstić information content (AvgIpc) is 3.24. The minimum atomic E-state index is -0.815. The second-order valence-corrected chi connectivity index (χ2v) is 5.24. The molecule has 1 saturated carbocycles. The van der Waals surface area contributed by atoms with Crippen LogP contribution in [0.1, 0.15) is 18.4 Å². The second kappa shape index (κ2) is 7.22. The number of carbonyl (C=O) groups is 3. The van der Waals surface area contributed by atoms with Gasteiger partial charge in [0.05, 0.1) is 6.42 Å². The van der Waals surface area contributed by atoms with Crippen LogP contribution in [0, 0.1) is 5.82 Å². The number of nitrogens with one attached hydrogen (secondary N) is 2.